The highest BCUT2D eigenvalue weighted by atomic mass is 35.5. The molecule has 1 saturated heterocycles. The summed E-state index contributed by atoms with van der Waals surface area (Å²) in [6.45, 7) is 7.50. The molecule has 118 valence electrons. The number of rotatable bonds is 6. The standard InChI is InChI=1S/C16H25ClN2O2/c1-13(19-10-8-18(7-6-17)9-11-19)15-5-4-14(20-2)12-16(15)21-3/h4-5,12-13H,6-11H2,1-3H3. The van der Waals surface area contributed by atoms with Gasteiger partial charge < -0.3 is 9.47 Å². The maximum atomic E-state index is 5.81. The van der Waals surface area contributed by atoms with Crippen molar-refractivity contribution in [2.45, 2.75) is 13.0 Å². The normalized spacial score (nSPS) is 18.5. The molecule has 5 heteroatoms. The third-order valence-corrected chi connectivity index (χ3v) is 4.42. The van der Waals surface area contributed by atoms with E-state index in [-0.39, 0.29) is 0 Å². The summed E-state index contributed by atoms with van der Waals surface area (Å²) in [6.07, 6.45) is 0. The number of hydrogen-bond acceptors (Lipinski definition) is 4. The minimum atomic E-state index is 0.337. The zero-order valence-electron chi connectivity index (χ0n) is 13.1. The summed E-state index contributed by atoms with van der Waals surface area (Å²) in [6, 6.07) is 6.39. The maximum absolute atomic E-state index is 5.81. The van der Waals surface area contributed by atoms with Gasteiger partial charge in [-0.15, -0.1) is 11.6 Å². The van der Waals surface area contributed by atoms with Crippen molar-refractivity contribution in [3.63, 3.8) is 0 Å². The van der Waals surface area contributed by atoms with Gasteiger partial charge in [-0.2, -0.15) is 0 Å². The van der Waals surface area contributed by atoms with Crippen molar-refractivity contribution in [1.29, 1.82) is 0 Å². The number of piperazine rings is 1. The molecule has 0 saturated carbocycles. The predicted molar refractivity (Wildman–Crippen MR) is 86.7 cm³/mol. The van der Waals surface area contributed by atoms with E-state index in [2.05, 4.69) is 22.8 Å². The lowest BCUT2D eigenvalue weighted by atomic mass is 10.0. The first-order valence-corrected chi connectivity index (χ1v) is 7.97. The van der Waals surface area contributed by atoms with E-state index in [1.807, 2.05) is 12.1 Å². The summed E-state index contributed by atoms with van der Waals surface area (Å²) in [5.41, 5.74) is 1.21. The Morgan fingerprint density at radius 3 is 2.43 bits per heavy atom. The second-order valence-electron chi connectivity index (χ2n) is 5.35. The molecule has 1 aliphatic heterocycles. The fourth-order valence-corrected chi connectivity index (χ4v) is 3.09. The maximum Gasteiger partial charge on any atom is 0.127 e. The Labute approximate surface area is 132 Å². The van der Waals surface area contributed by atoms with E-state index in [9.17, 15) is 0 Å². The molecule has 1 aromatic carbocycles. The van der Waals surface area contributed by atoms with Gasteiger partial charge in [-0.05, 0) is 13.0 Å². The van der Waals surface area contributed by atoms with Crippen LogP contribution in [0.5, 0.6) is 11.5 Å². The molecule has 1 atom stereocenters. The molecule has 1 unspecified atom stereocenters. The number of benzene rings is 1. The molecule has 1 aromatic rings. The second-order valence-corrected chi connectivity index (χ2v) is 5.73. The summed E-state index contributed by atoms with van der Waals surface area (Å²) in [4.78, 5) is 4.91. The smallest absolute Gasteiger partial charge is 0.127 e. The number of alkyl halides is 1. The van der Waals surface area contributed by atoms with Crippen molar-refractivity contribution in [1.82, 2.24) is 9.80 Å². The number of hydrogen-bond donors (Lipinski definition) is 0. The first-order valence-electron chi connectivity index (χ1n) is 7.44. The molecule has 1 fully saturated rings. The Kier molecular flexibility index (Phi) is 6.15. The molecule has 1 heterocycles. The molecule has 0 N–H and O–H groups in total. The van der Waals surface area contributed by atoms with E-state index in [0.29, 0.717) is 11.9 Å². The van der Waals surface area contributed by atoms with Crippen LogP contribution in [0.4, 0.5) is 0 Å². The first-order chi connectivity index (χ1) is 10.2. The molecule has 4 nitrogen and oxygen atoms in total. The lowest BCUT2D eigenvalue weighted by molar-refractivity contribution is 0.105. The minimum Gasteiger partial charge on any atom is -0.497 e. The van der Waals surface area contributed by atoms with Gasteiger partial charge in [-0.25, -0.2) is 0 Å². The van der Waals surface area contributed by atoms with Crippen LogP contribution in [-0.4, -0.2) is 62.6 Å². The third-order valence-electron chi connectivity index (χ3n) is 4.25. The Bertz CT molecular complexity index is 448. The quantitative estimate of drug-likeness (QED) is 0.754. The Hall–Kier alpha value is -0.970. The van der Waals surface area contributed by atoms with E-state index < -0.39 is 0 Å². The van der Waals surface area contributed by atoms with Gasteiger partial charge >= 0.3 is 0 Å². The largest absolute Gasteiger partial charge is 0.497 e. The average molecular weight is 313 g/mol. The number of ether oxygens (including phenoxy) is 2. The van der Waals surface area contributed by atoms with Crippen LogP contribution in [-0.2, 0) is 0 Å². The van der Waals surface area contributed by atoms with E-state index in [4.69, 9.17) is 21.1 Å². The van der Waals surface area contributed by atoms with E-state index in [1.54, 1.807) is 14.2 Å². The zero-order chi connectivity index (χ0) is 15.2. The van der Waals surface area contributed by atoms with Gasteiger partial charge in [-0.1, -0.05) is 6.07 Å². The van der Waals surface area contributed by atoms with Crippen LogP contribution in [0.25, 0.3) is 0 Å². The van der Waals surface area contributed by atoms with Crippen LogP contribution in [0.2, 0.25) is 0 Å². The Morgan fingerprint density at radius 1 is 1.14 bits per heavy atom. The molecule has 0 bridgehead atoms. The van der Waals surface area contributed by atoms with Gasteiger partial charge in [0.25, 0.3) is 0 Å². The summed E-state index contributed by atoms with van der Waals surface area (Å²) in [5.74, 6) is 2.43. The van der Waals surface area contributed by atoms with E-state index in [0.717, 1.165) is 44.2 Å². The molecular formula is C16H25ClN2O2. The highest BCUT2D eigenvalue weighted by Crippen LogP contribution is 2.32. The van der Waals surface area contributed by atoms with Crippen LogP contribution >= 0.6 is 11.6 Å². The zero-order valence-corrected chi connectivity index (χ0v) is 13.9. The summed E-state index contributed by atoms with van der Waals surface area (Å²) in [7, 11) is 3.39. The molecule has 2 rings (SSSR count). The molecule has 21 heavy (non-hydrogen) atoms. The number of halogens is 1. The van der Waals surface area contributed by atoms with Crippen molar-refractivity contribution >= 4 is 11.6 Å². The SMILES string of the molecule is COc1ccc(C(C)N2CCN(CCCl)CC2)c(OC)c1. The lowest BCUT2D eigenvalue weighted by Gasteiger charge is -2.38. The molecule has 0 spiro atoms. The Balaban J connectivity index is 2.05. The molecular weight excluding hydrogens is 288 g/mol. The summed E-state index contributed by atoms with van der Waals surface area (Å²) in [5, 5.41) is 0. The fourth-order valence-electron chi connectivity index (χ4n) is 2.85. The van der Waals surface area contributed by atoms with Crippen molar-refractivity contribution in [2.75, 3.05) is 52.8 Å². The van der Waals surface area contributed by atoms with Crippen LogP contribution < -0.4 is 9.47 Å². The second kappa shape index (κ2) is 7.87. The van der Waals surface area contributed by atoms with Crippen LogP contribution in [0.15, 0.2) is 18.2 Å². The van der Waals surface area contributed by atoms with Gasteiger partial charge in [0, 0.05) is 56.3 Å². The van der Waals surface area contributed by atoms with Crippen LogP contribution in [0.1, 0.15) is 18.5 Å². The minimum absolute atomic E-state index is 0.337. The lowest BCUT2D eigenvalue weighted by Crippen LogP contribution is -2.47. The van der Waals surface area contributed by atoms with Crippen molar-refractivity contribution < 1.29 is 9.47 Å². The van der Waals surface area contributed by atoms with Crippen LogP contribution in [0.3, 0.4) is 0 Å². The highest BCUT2D eigenvalue weighted by molar-refractivity contribution is 6.18. The molecule has 0 aliphatic carbocycles. The van der Waals surface area contributed by atoms with Gasteiger partial charge in [0.1, 0.15) is 11.5 Å². The van der Waals surface area contributed by atoms with Gasteiger partial charge in [-0.3, -0.25) is 9.80 Å². The van der Waals surface area contributed by atoms with Crippen LogP contribution in [0, 0.1) is 0 Å². The summed E-state index contributed by atoms with van der Waals surface area (Å²) < 4.78 is 10.8. The molecule has 1 aliphatic rings. The highest BCUT2D eigenvalue weighted by Gasteiger charge is 2.23. The van der Waals surface area contributed by atoms with Crippen molar-refractivity contribution in [3.05, 3.63) is 23.8 Å². The van der Waals surface area contributed by atoms with Gasteiger partial charge in [0.05, 0.1) is 14.2 Å². The van der Waals surface area contributed by atoms with Crippen molar-refractivity contribution in [2.24, 2.45) is 0 Å². The van der Waals surface area contributed by atoms with Gasteiger partial charge in [0.15, 0.2) is 0 Å². The Morgan fingerprint density at radius 2 is 1.86 bits per heavy atom. The van der Waals surface area contributed by atoms with E-state index >= 15 is 0 Å². The van der Waals surface area contributed by atoms with Crippen molar-refractivity contribution in [3.8, 4) is 11.5 Å². The van der Waals surface area contributed by atoms with Gasteiger partial charge in [0.2, 0.25) is 0 Å². The number of nitrogens with zero attached hydrogens (tertiary/aromatic N) is 2. The monoisotopic (exact) mass is 312 g/mol. The fraction of sp³-hybridized carbons (Fsp3) is 0.625. The van der Waals surface area contributed by atoms with E-state index in [1.165, 1.54) is 5.56 Å². The first kappa shape index (κ1) is 16.4. The molecule has 0 radical (unpaired) electrons. The topological polar surface area (TPSA) is 24.9 Å². The summed E-state index contributed by atoms with van der Waals surface area (Å²) >= 11 is 5.81. The number of methoxy groups -OCH3 is 2. The average Bonchev–Trinajstić information content (AvgIpc) is 2.54. The third kappa shape index (κ3) is 4.02. The molecule has 0 aromatic heterocycles. The predicted octanol–water partition coefficient (Wildman–Crippen LogP) is 2.62. The molecule has 0 amide bonds.